The number of rotatable bonds is 8. The second kappa shape index (κ2) is 5.53. The van der Waals surface area contributed by atoms with E-state index in [-0.39, 0.29) is 11.6 Å². The molecule has 0 spiro atoms. The Hall–Kier alpha value is -1.41. The van der Waals surface area contributed by atoms with E-state index in [0.29, 0.717) is 25.3 Å². The Bertz CT molecular complexity index is 443. The number of likely N-dealkylation sites (tertiary alicyclic amines) is 1. The molecule has 1 atom stereocenters. The first-order chi connectivity index (χ1) is 9.72. The number of carbonyl (C=O) groups is 1. The van der Waals surface area contributed by atoms with Crippen molar-refractivity contribution in [2.45, 2.75) is 62.7 Å². The smallest absolute Gasteiger partial charge is 0.220 e. The number of amides is 1. The van der Waals surface area contributed by atoms with E-state index in [1.165, 1.54) is 25.8 Å². The third-order valence-electron chi connectivity index (χ3n) is 4.55. The molecule has 0 aromatic rings. The summed E-state index contributed by atoms with van der Waals surface area (Å²) in [7, 11) is 0. The van der Waals surface area contributed by atoms with Crippen LogP contribution in [-0.2, 0) is 4.79 Å². The first-order valence-electron chi connectivity index (χ1n) is 7.62. The van der Waals surface area contributed by atoms with Gasteiger partial charge < -0.3 is 5.32 Å². The lowest BCUT2D eigenvalue weighted by Crippen LogP contribution is -2.54. The number of hydrogen-bond acceptors (Lipinski definition) is 4. The lowest BCUT2D eigenvalue weighted by atomic mass is 10.0. The fourth-order valence-electron chi connectivity index (χ4n) is 2.87. The van der Waals surface area contributed by atoms with Crippen LogP contribution in [0.2, 0.25) is 0 Å². The molecule has 2 aliphatic heterocycles. The first-order valence-corrected chi connectivity index (χ1v) is 7.62. The van der Waals surface area contributed by atoms with Crippen LogP contribution >= 0.6 is 0 Å². The monoisotopic (exact) mass is 274 g/mol. The summed E-state index contributed by atoms with van der Waals surface area (Å²) in [6.07, 6.45) is 11.8. The number of terminal acetylenes is 1. The molecule has 5 nitrogen and oxygen atoms in total. The molecule has 3 aliphatic rings. The van der Waals surface area contributed by atoms with Gasteiger partial charge in [-0.3, -0.25) is 9.69 Å². The van der Waals surface area contributed by atoms with Gasteiger partial charge >= 0.3 is 0 Å². The minimum absolute atomic E-state index is 0.116. The summed E-state index contributed by atoms with van der Waals surface area (Å²) in [6.45, 7) is 2.00. The van der Waals surface area contributed by atoms with E-state index >= 15 is 0 Å². The molecule has 5 heteroatoms. The third kappa shape index (κ3) is 3.18. The van der Waals surface area contributed by atoms with Crippen LogP contribution < -0.4 is 5.32 Å². The molecule has 1 aliphatic carbocycles. The Morgan fingerprint density at radius 2 is 2.15 bits per heavy atom. The van der Waals surface area contributed by atoms with Gasteiger partial charge in [0.2, 0.25) is 5.91 Å². The molecule has 1 amide bonds. The molecule has 2 fully saturated rings. The zero-order valence-electron chi connectivity index (χ0n) is 11.8. The molecule has 1 unspecified atom stereocenters. The van der Waals surface area contributed by atoms with Gasteiger partial charge in [0.1, 0.15) is 0 Å². The van der Waals surface area contributed by atoms with Crippen molar-refractivity contribution < 1.29 is 4.79 Å². The average molecular weight is 274 g/mol. The van der Waals surface area contributed by atoms with Gasteiger partial charge in [0.15, 0.2) is 5.66 Å². The molecule has 3 rings (SSSR count). The maximum Gasteiger partial charge on any atom is 0.220 e. The molecular formula is C15H22N4O. The zero-order chi connectivity index (χ0) is 14.0. The summed E-state index contributed by atoms with van der Waals surface area (Å²) in [4.78, 5) is 14.4. The van der Waals surface area contributed by atoms with Gasteiger partial charge in [0, 0.05) is 50.9 Å². The van der Waals surface area contributed by atoms with Crippen molar-refractivity contribution in [2.24, 2.45) is 10.2 Å². The Kier molecular flexibility index (Phi) is 3.75. The highest BCUT2D eigenvalue weighted by Gasteiger charge is 2.40. The summed E-state index contributed by atoms with van der Waals surface area (Å²) in [5, 5.41) is 11.2. The highest BCUT2D eigenvalue weighted by Crippen LogP contribution is 2.37. The summed E-state index contributed by atoms with van der Waals surface area (Å²) in [5.41, 5.74) is -0.333. The molecule has 0 aromatic carbocycles. The van der Waals surface area contributed by atoms with Crippen LogP contribution in [0, 0.1) is 12.3 Å². The van der Waals surface area contributed by atoms with Crippen molar-refractivity contribution in [1.29, 1.82) is 0 Å². The van der Waals surface area contributed by atoms with Crippen LogP contribution in [0.4, 0.5) is 0 Å². The first kappa shape index (κ1) is 13.6. The molecule has 108 valence electrons. The maximum absolute atomic E-state index is 11.9. The summed E-state index contributed by atoms with van der Waals surface area (Å²) in [5.74, 6) is 2.72. The fraction of sp³-hybridized carbons (Fsp3) is 0.800. The van der Waals surface area contributed by atoms with Crippen molar-refractivity contribution >= 4 is 5.91 Å². The van der Waals surface area contributed by atoms with E-state index < -0.39 is 0 Å². The second-order valence-corrected chi connectivity index (χ2v) is 6.10. The Morgan fingerprint density at radius 1 is 1.35 bits per heavy atom. The lowest BCUT2D eigenvalue weighted by molar-refractivity contribution is -0.121. The van der Waals surface area contributed by atoms with Crippen LogP contribution in [0.3, 0.4) is 0 Å². The van der Waals surface area contributed by atoms with E-state index in [1.807, 2.05) is 0 Å². The zero-order valence-corrected chi connectivity index (χ0v) is 11.8. The maximum atomic E-state index is 11.9. The summed E-state index contributed by atoms with van der Waals surface area (Å²) < 4.78 is 0. The molecule has 0 aromatic heterocycles. The van der Waals surface area contributed by atoms with Crippen LogP contribution in [0.1, 0.15) is 44.9 Å². The molecule has 1 saturated heterocycles. The average Bonchev–Trinajstić information content (AvgIpc) is 3.29. The van der Waals surface area contributed by atoms with Gasteiger partial charge in [-0.1, -0.05) is 0 Å². The Labute approximate surface area is 120 Å². The van der Waals surface area contributed by atoms with E-state index in [9.17, 15) is 4.79 Å². The van der Waals surface area contributed by atoms with Gasteiger partial charge in [-0.2, -0.15) is 10.2 Å². The van der Waals surface area contributed by atoms with E-state index in [2.05, 4.69) is 26.4 Å². The summed E-state index contributed by atoms with van der Waals surface area (Å²) in [6, 6.07) is 1.37. The predicted molar refractivity (Wildman–Crippen MR) is 76.0 cm³/mol. The topological polar surface area (TPSA) is 57.1 Å². The van der Waals surface area contributed by atoms with Gasteiger partial charge in [-0.05, 0) is 19.3 Å². The van der Waals surface area contributed by atoms with Gasteiger partial charge in [-0.15, -0.1) is 12.3 Å². The minimum Gasteiger partial charge on any atom is -0.355 e. The van der Waals surface area contributed by atoms with Crippen molar-refractivity contribution in [3.05, 3.63) is 0 Å². The largest absolute Gasteiger partial charge is 0.355 e. The quantitative estimate of drug-likeness (QED) is 0.685. The van der Waals surface area contributed by atoms with E-state index in [0.717, 1.165) is 19.0 Å². The highest BCUT2D eigenvalue weighted by molar-refractivity contribution is 5.76. The number of carbonyl (C=O) groups excluding carboxylic acids is 1. The van der Waals surface area contributed by atoms with Crippen molar-refractivity contribution in [3.63, 3.8) is 0 Å². The van der Waals surface area contributed by atoms with Gasteiger partial charge in [0.05, 0.1) is 0 Å². The normalized spacial score (nSPS) is 26.6. The standard InChI is InChI=1S/C15H22N4O/c1-2-3-8-15(17-18-15)9-6-14(20)16-11-13-7-10-19(13)12-4-5-12/h1,12-13H,3-11H2,(H,16,20). The predicted octanol–water partition coefficient (Wildman–Crippen LogP) is 1.69. The third-order valence-corrected chi connectivity index (χ3v) is 4.55. The van der Waals surface area contributed by atoms with E-state index in [1.54, 1.807) is 0 Å². The number of nitrogens with zero attached hydrogens (tertiary/aromatic N) is 3. The summed E-state index contributed by atoms with van der Waals surface area (Å²) >= 11 is 0. The molecule has 0 bridgehead atoms. The molecule has 20 heavy (non-hydrogen) atoms. The van der Waals surface area contributed by atoms with Crippen LogP contribution in [0.5, 0.6) is 0 Å². The van der Waals surface area contributed by atoms with Crippen LogP contribution in [0.15, 0.2) is 10.2 Å². The molecule has 2 heterocycles. The Balaban J connectivity index is 1.31. The minimum atomic E-state index is -0.333. The van der Waals surface area contributed by atoms with Crippen LogP contribution in [0.25, 0.3) is 0 Å². The fourth-order valence-corrected chi connectivity index (χ4v) is 2.87. The Morgan fingerprint density at radius 3 is 2.70 bits per heavy atom. The second-order valence-electron chi connectivity index (χ2n) is 6.10. The molecule has 0 radical (unpaired) electrons. The van der Waals surface area contributed by atoms with Gasteiger partial charge in [-0.25, -0.2) is 0 Å². The van der Waals surface area contributed by atoms with Gasteiger partial charge in [0.25, 0.3) is 0 Å². The molecule has 1 N–H and O–H groups in total. The van der Waals surface area contributed by atoms with Crippen molar-refractivity contribution in [3.8, 4) is 12.3 Å². The number of hydrogen-bond donors (Lipinski definition) is 1. The lowest BCUT2D eigenvalue weighted by Gasteiger charge is -2.41. The van der Waals surface area contributed by atoms with Crippen molar-refractivity contribution in [1.82, 2.24) is 10.2 Å². The highest BCUT2D eigenvalue weighted by atomic mass is 16.1. The molecular weight excluding hydrogens is 252 g/mol. The van der Waals surface area contributed by atoms with E-state index in [4.69, 9.17) is 6.42 Å². The SMILES string of the molecule is C#CCCC1(CCC(=O)NCC2CCN2C2CC2)N=N1. The van der Waals surface area contributed by atoms with Crippen LogP contribution in [-0.4, -0.2) is 41.6 Å². The molecule has 1 saturated carbocycles. The number of nitrogens with one attached hydrogen (secondary N) is 1. The van der Waals surface area contributed by atoms with Crippen molar-refractivity contribution in [2.75, 3.05) is 13.1 Å².